The molecule has 0 bridgehead atoms. The number of ether oxygens (including phenoxy) is 1. The standard InChI is InChI=1S/C14H17ClN4O2S/c1-21-7-3-6-19-10-16-18-14(19)22-9-13(20)17-12-5-2-4-11(15)8-12/h2,4-5,8,10H,3,6-7,9H2,1H3,(H,17,20). The lowest BCUT2D eigenvalue weighted by Crippen LogP contribution is -2.14. The molecule has 0 aliphatic heterocycles. The third-order valence-electron chi connectivity index (χ3n) is 2.77. The average molecular weight is 341 g/mol. The summed E-state index contributed by atoms with van der Waals surface area (Å²) in [6.07, 6.45) is 2.53. The topological polar surface area (TPSA) is 69.0 Å². The number of aryl methyl sites for hydroxylation is 1. The number of anilines is 1. The van der Waals surface area contributed by atoms with Gasteiger partial charge in [-0.2, -0.15) is 0 Å². The summed E-state index contributed by atoms with van der Waals surface area (Å²) in [5.41, 5.74) is 0.680. The Morgan fingerprint density at radius 1 is 1.50 bits per heavy atom. The maximum absolute atomic E-state index is 11.9. The van der Waals surface area contributed by atoms with Crippen LogP contribution in [0.3, 0.4) is 0 Å². The highest BCUT2D eigenvalue weighted by Crippen LogP contribution is 2.18. The minimum atomic E-state index is -0.112. The fourth-order valence-corrected chi connectivity index (χ4v) is 2.71. The summed E-state index contributed by atoms with van der Waals surface area (Å²) in [4.78, 5) is 11.9. The number of hydrogen-bond donors (Lipinski definition) is 1. The van der Waals surface area contributed by atoms with Crippen LogP contribution in [0.15, 0.2) is 35.7 Å². The van der Waals surface area contributed by atoms with Gasteiger partial charge in [-0.15, -0.1) is 10.2 Å². The molecule has 2 rings (SSSR count). The van der Waals surface area contributed by atoms with Crippen LogP contribution in [0.2, 0.25) is 5.02 Å². The number of methoxy groups -OCH3 is 1. The molecule has 0 aliphatic carbocycles. The second-order valence-corrected chi connectivity index (χ2v) is 5.88. The van der Waals surface area contributed by atoms with E-state index >= 15 is 0 Å². The van der Waals surface area contributed by atoms with Gasteiger partial charge in [-0.3, -0.25) is 4.79 Å². The zero-order chi connectivity index (χ0) is 15.8. The first-order valence-electron chi connectivity index (χ1n) is 6.74. The van der Waals surface area contributed by atoms with Crippen LogP contribution in [0.1, 0.15) is 6.42 Å². The van der Waals surface area contributed by atoms with Crippen LogP contribution in [-0.4, -0.2) is 40.1 Å². The second-order valence-electron chi connectivity index (χ2n) is 4.50. The van der Waals surface area contributed by atoms with Gasteiger partial charge in [0.1, 0.15) is 6.33 Å². The number of benzene rings is 1. The number of hydrogen-bond acceptors (Lipinski definition) is 5. The van der Waals surface area contributed by atoms with E-state index in [2.05, 4.69) is 15.5 Å². The first kappa shape index (κ1) is 16.8. The van der Waals surface area contributed by atoms with Gasteiger partial charge in [0.05, 0.1) is 5.75 Å². The lowest BCUT2D eigenvalue weighted by molar-refractivity contribution is -0.113. The van der Waals surface area contributed by atoms with Gasteiger partial charge in [-0.1, -0.05) is 29.4 Å². The quantitative estimate of drug-likeness (QED) is 0.591. The summed E-state index contributed by atoms with van der Waals surface area (Å²) in [5, 5.41) is 12.0. The molecule has 6 nitrogen and oxygen atoms in total. The summed E-state index contributed by atoms with van der Waals surface area (Å²) >= 11 is 7.23. The SMILES string of the molecule is COCCCn1cnnc1SCC(=O)Nc1cccc(Cl)c1. The zero-order valence-electron chi connectivity index (χ0n) is 12.2. The first-order valence-corrected chi connectivity index (χ1v) is 8.10. The van der Waals surface area contributed by atoms with Gasteiger partial charge in [0.2, 0.25) is 5.91 Å². The van der Waals surface area contributed by atoms with E-state index < -0.39 is 0 Å². The van der Waals surface area contributed by atoms with Crippen molar-refractivity contribution in [1.29, 1.82) is 0 Å². The van der Waals surface area contributed by atoms with Gasteiger partial charge in [0.15, 0.2) is 5.16 Å². The molecule has 118 valence electrons. The number of carbonyl (C=O) groups is 1. The van der Waals surface area contributed by atoms with Gasteiger partial charge in [0.25, 0.3) is 0 Å². The zero-order valence-corrected chi connectivity index (χ0v) is 13.7. The molecule has 1 heterocycles. The van der Waals surface area contributed by atoms with Gasteiger partial charge in [0, 0.05) is 31.0 Å². The van der Waals surface area contributed by atoms with Crippen LogP contribution in [0.5, 0.6) is 0 Å². The van der Waals surface area contributed by atoms with Crippen LogP contribution >= 0.6 is 23.4 Å². The number of nitrogens with zero attached hydrogens (tertiary/aromatic N) is 3. The summed E-state index contributed by atoms with van der Waals surface area (Å²) < 4.78 is 6.93. The number of thioether (sulfide) groups is 1. The predicted octanol–water partition coefficient (Wildman–Crippen LogP) is 2.70. The third kappa shape index (κ3) is 5.32. The van der Waals surface area contributed by atoms with Gasteiger partial charge in [-0.05, 0) is 24.6 Å². The van der Waals surface area contributed by atoms with Crippen molar-refractivity contribution in [2.75, 3.05) is 24.8 Å². The van der Waals surface area contributed by atoms with Gasteiger partial charge < -0.3 is 14.6 Å². The van der Waals surface area contributed by atoms with Crippen molar-refractivity contribution >= 4 is 35.0 Å². The van der Waals surface area contributed by atoms with Crippen molar-refractivity contribution in [3.05, 3.63) is 35.6 Å². The van der Waals surface area contributed by atoms with Crippen LogP contribution < -0.4 is 5.32 Å². The molecule has 1 amide bonds. The molecular weight excluding hydrogens is 324 g/mol. The van der Waals surface area contributed by atoms with E-state index in [9.17, 15) is 4.79 Å². The Kier molecular flexibility index (Phi) is 6.70. The molecule has 0 spiro atoms. The highest BCUT2D eigenvalue weighted by atomic mass is 35.5. The maximum Gasteiger partial charge on any atom is 0.234 e. The molecule has 1 aromatic carbocycles. The van der Waals surface area contributed by atoms with E-state index in [0.29, 0.717) is 17.3 Å². The van der Waals surface area contributed by atoms with E-state index in [4.69, 9.17) is 16.3 Å². The summed E-state index contributed by atoms with van der Waals surface area (Å²) in [6, 6.07) is 7.05. The molecule has 0 saturated carbocycles. The minimum absolute atomic E-state index is 0.112. The van der Waals surface area contributed by atoms with E-state index in [1.165, 1.54) is 11.8 Å². The van der Waals surface area contributed by atoms with Crippen molar-refractivity contribution in [2.45, 2.75) is 18.1 Å². The molecule has 0 radical (unpaired) electrons. The normalized spacial score (nSPS) is 10.6. The fraction of sp³-hybridized carbons (Fsp3) is 0.357. The van der Waals surface area contributed by atoms with Gasteiger partial charge >= 0.3 is 0 Å². The first-order chi connectivity index (χ1) is 10.7. The van der Waals surface area contributed by atoms with Crippen LogP contribution in [0.25, 0.3) is 0 Å². The number of halogens is 1. The molecule has 2 aromatic rings. The Hall–Kier alpha value is -1.57. The van der Waals surface area contributed by atoms with Crippen molar-refractivity contribution in [1.82, 2.24) is 14.8 Å². The number of nitrogens with one attached hydrogen (secondary N) is 1. The average Bonchev–Trinajstić information content (AvgIpc) is 2.93. The molecule has 1 aromatic heterocycles. The summed E-state index contributed by atoms with van der Waals surface area (Å²) in [7, 11) is 1.67. The number of rotatable bonds is 8. The number of aromatic nitrogens is 3. The highest BCUT2D eigenvalue weighted by Gasteiger charge is 2.09. The van der Waals surface area contributed by atoms with Crippen molar-refractivity contribution in [3.8, 4) is 0 Å². The van der Waals surface area contributed by atoms with E-state index in [1.54, 1.807) is 37.7 Å². The Morgan fingerprint density at radius 2 is 2.36 bits per heavy atom. The molecule has 0 aliphatic rings. The monoisotopic (exact) mass is 340 g/mol. The smallest absolute Gasteiger partial charge is 0.234 e. The van der Waals surface area contributed by atoms with Crippen molar-refractivity contribution in [2.24, 2.45) is 0 Å². The third-order valence-corrected chi connectivity index (χ3v) is 3.98. The lowest BCUT2D eigenvalue weighted by Gasteiger charge is -2.07. The van der Waals surface area contributed by atoms with E-state index in [-0.39, 0.29) is 11.7 Å². The molecule has 0 fully saturated rings. The Bertz CT molecular complexity index is 620. The Labute approximate surface area is 138 Å². The molecule has 0 atom stereocenters. The Balaban J connectivity index is 1.82. The minimum Gasteiger partial charge on any atom is -0.385 e. The van der Waals surface area contributed by atoms with Crippen LogP contribution in [0.4, 0.5) is 5.69 Å². The summed E-state index contributed by atoms with van der Waals surface area (Å²) in [6.45, 7) is 1.44. The van der Waals surface area contributed by atoms with Crippen LogP contribution in [-0.2, 0) is 16.1 Å². The largest absolute Gasteiger partial charge is 0.385 e. The molecule has 0 saturated heterocycles. The van der Waals surface area contributed by atoms with Crippen LogP contribution in [0, 0.1) is 0 Å². The fourth-order valence-electron chi connectivity index (χ4n) is 1.78. The lowest BCUT2D eigenvalue weighted by atomic mass is 10.3. The van der Waals surface area contributed by atoms with Gasteiger partial charge in [-0.25, -0.2) is 0 Å². The molecule has 0 unspecified atom stereocenters. The number of carbonyl (C=O) groups excluding carboxylic acids is 1. The molecule has 22 heavy (non-hydrogen) atoms. The van der Waals surface area contributed by atoms with Crippen molar-refractivity contribution in [3.63, 3.8) is 0 Å². The molecular formula is C14H17ClN4O2S. The predicted molar refractivity (Wildman–Crippen MR) is 87.3 cm³/mol. The van der Waals surface area contributed by atoms with E-state index in [1.807, 2.05) is 4.57 Å². The number of amides is 1. The second kappa shape index (κ2) is 8.77. The molecule has 1 N–H and O–H groups in total. The highest BCUT2D eigenvalue weighted by molar-refractivity contribution is 7.99. The van der Waals surface area contributed by atoms with Crippen molar-refractivity contribution < 1.29 is 9.53 Å². The summed E-state index contributed by atoms with van der Waals surface area (Å²) in [5.74, 6) is 0.147. The molecule has 8 heteroatoms. The Morgan fingerprint density at radius 3 is 3.14 bits per heavy atom. The van der Waals surface area contributed by atoms with E-state index in [0.717, 1.165) is 18.1 Å². The maximum atomic E-state index is 11.9.